The maximum absolute atomic E-state index is 5.46. The zero-order chi connectivity index (χ0) is 11.5. The zero-order valence-corrected chi connectivity index (χ0v) is 10.2. The van der Waals surface area contributed by atoms with Crippen LogP contribution in [0.3, 0.4) is 0 Å². The van der Waals surface area contributed by atoms with Crippen LogP contribution in [0.1, 0.15) is 62.8 Å². The van der Waals surface area contributed by atoms with Crippen molar-refractivity contribution in [3.8, 4) is 0 Å². The van der Waals surface area contributed by atoms with Crippen molar-refractivity contribution >= 4 is 0 Å². The third kappa shape index (κ3) is 2.44. The van der Waals surface area contributed by atoms with E-state index in [0.717, 1.165) is 12.8 Å². The van der Waals surface area contributed by atoms with Crippen molar-refractivity contribution in [2.24, 2.45) is 5.84 Å². The molecule has 90 valence electrons. The maximum Gasteiger partial charge on any atom is 0.0650 e. The number of nitrogens with one attached hydrogen (secondary N) is 2. The Balaban J connectivity index is 1.97. The molecule has 1 fully saturated rings. The van der Waals surface area contributed by atoms with Gasteiger partial charge in [0.2, 0.25) is 0 Å². The number of hydrogen-bond acceptors (Lipinski definition) is 3. The summed E-state index contributed by atoms with van der Waals surface area (Å²) >= 11 is 0. The van der Waals surface area contributed by atoms with Crippen molar-refractivity contribution in [2.45, 2.75) is 57.4 Å². The van der Waals surface area contributed by atoms with E-state index >= 15 is 0 Å². The fraction of sp³-hybridized carbons (Fsp3) is 0.750. The molecule has 1 aliphatic rings. The van der Waals surface area contributed by atoms with Crippen LogP contribution in [0.4, 0.5) is 0 Å². The van der Waals surface area contributed by atoms with Gasteiger partial charge in [0.15, 0.2) is 0 Å². The van der Waals surface area contributed by atoms with Crippen LogP contribution in [0.25, 0.3) is 0 Å². The average molecular weight is 222 g/mol. The highest BCUT2D eigenvalue weighted by Gasteiger charge is 2.23. The summed E-state index contributed by atoms with van der Waals surface area (Å²) in [5.41, 5.74) is 5.35. The Hall–Kier alpha value is -0.870. The van der Waals surface area contributed by atoms with Crippen molar-refractivity contribution in [3.63, 3.8) is 0 Å². The lowest BCUT2D eigenvalue weighted by atomic mass is 9.84. The summed E-state index contributed by atoms with van der Waals surface area (Å²) in [6, 6.07) is 2.73. The second-order valence-corrected chi connectivity index (χ2v) is 5.12. The molecule has 2 rings (SSSR count). The molecule has 16 heavy (non-hydrogen) atoms. The molecule has 4 N–H and O–H groups in total. The van der Waals surface area contributed by atoms with Crippen LogP contribution in [-0.4, -0.2) is 16.2 Å². The van der Waals surface area contributed by atoms with Gasteiger partial charge >= 0.3 is 0 Å². The van der Waals surface area contributed by atoms with Gasteiger partial charge in [-0.3, -0.25) is 16.4 Å². The second kappa shape index (κ2) is 4.97. The Labute approximate surface area is 97.0 Å². The maximum atomic E-state index is 5.46. The minimum Gasteiger partial charge on any atom is -0.282 e. The lowest BCUT2D eigenvalue weighted by Crippen LogP contribution is -2.37. The SMILES string of the molecule is CC(C)c1cc(C2CCC(NN)CC2)[nH]n1. The molecular weight excluding hydrogens is 200 g/mol. The highest BCUT2D eigenvalue weighted by atomic mass is 15.2. The van der Waals surface area contributed by atoms with Crippen molar-refractivity contribution in [3.05, 3.63) is 17.5 Å². The fourth-order valence-corrected chi connectivity index (χ4v) is 2.43. The zero-order valence-electron chi connectivity index (χ0n) is 10.2. The van der Waals surface area contributed by atoms with Crippen molar-refractivity contribution in [2.75, 3.05) is 0 Å². The number of hydrogen-bond donors (Lipinski definition) is 3. The first-order chi connectivity index (χ1) is 7.70. The van der Waals surface area contributed by atoms with E-state index in [1.54, 1.807) is 0 Å². The van der Waals surface area contributed by atoms with E-state index in [-0.39, 0.29) is 0 Å². The molecule has 0 atom stereocenters. The molecule has 1 saturated carbocycles. The largest absolute Gasteiger partial charge is 0.282 e. The number of aromatic nitrogens is 2. The molecule has 0 unspecified atom stereocenters. The summed E-state index contributed by atoms with van der Waals surface area (Å²) in [5, 5.41) is 7.55. The van der Waals surface area contributed by atoms with Gasteiger partial charge in [-0.15, -0.1) is 0 Å². The number of H-pyrrole nitrogens is 1. The summed E-state index contributed by atoms with van der Waals surface area (Å²) in [5.74, 6) is 6.61. The number of aromatic amines is 1. The molecule has 0 amide bonds. The summed E-state index contributed by atoms with van der Waals surface area (Å²) in [6.07, 6.45) is 4.73. The van der Waals surface area contributed by atoms with Crippen LogP contribution in [0.5, 0.6) is 0 Å². The lowest BCUT2D eigenvalue weighted by molar-refractivity contribution is 0.343. The highest BCUT2D eigenvalue weighted by Crippen LogP contribution is 2.32. The molecule has 0 radical (unpaired) electrons. The standard InChI is InChI=1S/C12H22N4/c1-8(2)11-7-12(16-15-11)9-3-5-10(14-13)6-4-9/h7-10,14H,3-6,13H2,1-2H3,(H,15,16). The van der Waals surface area contributed by atoms with E-state index in [1.807, 2.05) is 0 Å². The molecule has 0 spiro atoms. The Morgan fingerprint density at radius 2 is 2.06 bits per heavy atom. The predicted octanol–water partition coefficient (Wildman–Crippen LogP) is 2.02. The summed E-state index contributed by atoms with van der Waals surface area (Å²) in [4.78, 5) is 0. The Morgan fingerprint density at radius 3 is 2.56 bits per heavy atom. The van der Waals surface area contributed by atoms with Crippen LogP contribution < -0.4 is 11.3 Å². The van der Waals surface area contributed by atoms with Crippen LogP contribution in [0.2, 0.25) is 0 Å². The van der Waals surface area contributed by atoms with Crippen LogP contribution in [-0.2, 0) is 0 Å². The Bertz CT molecular complexity index is 324. The summed E-state index contributed by atoms with van der Waals surface area (Å²) < 4.78 is 0. The molecule has 4 heteroatoms. The van der Waals surface area contributed by atoms with Crippen molar-refractivity contribution in [1.29, 1.82) is 0 Å². The van der Waals surface area contributed by atoms with Gasteiger partial charge in [0.25, 0.3) is 0 Å². The molecule has 0 aromatic carbocycles. The second-order valence-electron chi connectivity index (χ2n) is 5.12. The molecule has 0 saturated heterocycles. The first kappa shape index (κ1) is 11.6. The third-order valence-corrected chi connectivity index (χ3v) is 3.61. The molecule has 0 aliphatic heterocycles. The molecule has 0 bridgehead atoms. The van der Waals surface area contributed by atoms with Gasteiger partial charge < -0.3 is 0 Å². The van der Waals surface area contributed by atoms with Gasteiger partial charge in [-0.2, -0.15) is 5.10 Å². The van der Waals surface area contributed by atoms with Gasteiger partial charge in [0.05, 0.1) is 5.69 Å². The van der Waals surface area contributed by atoms with Crippen LogP contribution >= 0.6 is 0 Å². The van der Waals surface area contributed by atoms with Gasteiger partial charge in [0, 0.05) is 17.7 Å². The smallest absolute Gasteiger partial charge is 0.0650 e. The predicted molar refractivity (Wildman–Crippen MR) is 65.0 cm³/mol. The molecule has 1 heterocycles. The minimum atomic E-state index is 0.503. The molecule has 1 aromatic rings. The van der Waals surface area contributed by atoms with E-state index in [2.05, 4.69) is 35.5 Å². The topological polar surface area (TPSA) is 66.7 Å². The quantitative estimate of drug-likeness (QED) is 0.541. The molecular formula is C12H22N4. The first-order valence-corrected chi connectivity index (χ1v) is 6.22. The third-order valence-electron chi connectivity index (χ3n) is 3.61. The normalized spacial score (nSPS) is 26.2. The number of hydrazine groups is 1. The van der Waals surface area contributed by atoms with Gasteiger partial charge in [-0.25, -0.2) is 0 Å². The van der Waals surface area contributed by atoms with Crippen molar-refractivity contribution < 1.29 is 0 Å². The summed E-state index contributed by atoms with van der Waals surface area (Å²) in [6.45, 7) is 4.35. The summed E-state index contributed by atoms with van der Waals surface area (Å²) in [7, 11) is 0. The number of rotatable bonds is 3. The van der Waals surface area contributed by atoms with E-state index in [1.165, 1.54) is 24.2 Å². The molecule has 1 aliphatic carbocycles. The Morgan fingerprint density at radius 1 is 1.38 bits per heavy atom. The fourth-order valence-electron chi connectivity index (χ4n) is 2.43. The first-order valence-electron chi connectivity index (χ1n) is 6.22. The number of nitrogens with two attached hydrogens (primary N) is 1. The average Bonchev–Trinajstić information content (AvgIpc) is 2.78. The molecule has 1 aromatic heterocycles. The van der Waals surface area contributed by atoms with Crippen molar-refractivity contribution in [1.82, 2.24) is 15.6 Å². The van der Waals surface area contributed by atoms with E-state index in [0.29, 0.717) is 17.9 Å². The van der Waals surface area contributed by atoms with Crippen LogP contribution in [0, 0.1) is 0 Å². The van der Waals surface area contributed by atoms with E-state index < -0.39 is 0 Å². The molecule has 4 nitrogen and oxygen atoms in total. The number of nitrogens with zero attached hydrogens (tertiary/aromatic N) is 1. The van der Waals surface area contributed by atoms with Gasteiger partial charge in [-0.05, 0) is 37.7 Å². The minimum absolute atomic E-state index is 0.503. The monoisotopic (exact) mass is 222 g/mol. The van der Waals surface area contributed by atoms with Gasteiger partial charge in [0.1, 0.15) is 0 Å². The van der Waals surface area contributed by atoms with E-state index in [4.69, 9.17) is 5.84 Å². The van der Waals surface area contributed by atoms with E-state index in [9.17, 15) is 0 Å². The lowest BCUT2D eigenvalue weighted by Gasteiger charge is -2.27. The highest BCUT2D eigenvalue weighted by molar-refractivity contribution is 5.16. The van der Waals surface area contributed by atoms with Crippen LogP contribution in [0.15, 0.2) is 6.07 Å². The van der Waals surface area contributed by atoms with Gasteiger partial charge in [-0.1, -0.05) is 13.8 Å². The Kier molecular flexibility index (Phi) is 3.61.